The van der Waals surface area contributed by atoms with Crippen molar-refractivity contribution in [1.82, 2.24) is 9.80 Å². The van der Waals surface area contributed by atoms with Crippen LogP contribution in [0.2, 0.25) is 0 Å². The Bertz CT molecular complexity index is 1240. The van der Waals surface area contributed by atoms with Crippen LogP contribution >= 0.6 is 0 Å². The molecule has 0 unspecified atom stereocenters. The van der Waals surface area contributed by atoms with Crippen LogP contribution in [0.15, 0.2) is 84.6 Å². The molecule has 0 spiro atoms. The predicted molar refractivity (Wildman–Crippen MR) is 135 cm³/mol. The summed E-state index contributed by atoms with van der Waals surface area (Å²) < 4.78 is 0. The Morgan fingerprint density at radius 1 is 0.706 bits per heavy atom. The van der Waals surface area contributed by atoms with E-state index in [0.29, 0.717) is 30.0 Å². The lowest BCUT2D eigenvalue weighted by Crippen LogP contribution is -2.47. The maximum atomic E-state index is 13.8. The monoisotopic (exact) mass is 451 g/mol. The molecule has 2 heterocycles. The first kappa shape index (κ1) is 22.1. The summed E-state index contributed by atoms with van der Waals surface area (Å²) in [4.78, 5) is 33.4. The van der Waals surface area contributed by atoms with E-state index in [9.17, 15) is 9.59 Å². The minimum Gasteiger partial charge on any atom is -0.364 e. The number of rotatable bonds is 5. The number of imide groups is 1. The van der Waals surface area contributed by atoms with Crippen LogP contribution in [0.25, 0.3) is 5.57 Å². The van der Waals surface area contributed by atoms with E-state index >= 15 is 0 Å². The van der Waals surface area contributed by atoms with Crippen molar-refractivity contribution in [2.24, 2.45) is 0 Å². The van der Waals surface area contributed by atoms with E-state index in [1.807, 2.05) is 68.4 Å². The lowest BCUT2D eigenvalue weighted by molar-refractivity contribution is -0.120. The molecule has 5 nitrogen and oxygen atoms in total. The summed E-state index contributed by atoms with van der Waals surface area (Å²) in [5.41, 5.74) is 5.78. The molecule has 5 rings (SSSR count). The van der Waals surface area contributed by atoms with Crippen LogP contribution in [-0.2, 0) is 16.1 Å². The van der Waals surface area contributed by atoms with Gasteiger partial charge in [-0.25, -0.2) is 4.90 Å². The van der Waals surface area contributed by atoms with Crippen LogP contribution in [0.5, 0.6) is 0 Å². The number of amides is 2. The van der Waals surface area contributed by atoms with Gasteiger partial charge in [-0.3, -0.25) is 14.5 Å². The third-order valence-corrected chi connectivity index (χ3v) is 6.69. The summed E-state index contributed by atoms with van der Waals surface area (Å²) in [6.45, 7) is 7.93. The first-order valence-electron chi connectivity index (χ1n) is 11.8. The van der Waals surface area contributed by atoms with Gasteiger partial charge in [0.25, 0.3) is 11.8 Å². The van der Waals surface area contributed by atoms with Crippen LogP contribution in [0, 0.1) is 13.8 Å². The smallest absolute Gasteiger partial charge is 0.282 e. The van der Waals surface area contributed by atoms with Gasteiger partial charge in [0.15, 0.2) is 0 Å². The van der Waals surface area contributed by atoms with Crippen LogP contribution in [0.1, 0.15) is 22.3 Å². The highest BCUT2D eigenvalue weighted by Gasteiger charge is 2.43. The Kier molecular flexibility index (Phi) is 6.03. The van der Waals surface area contributed by atoms with Crippen molar-refractivity contribution in [1.29, 1.82) is 0 Å². The van der Waals surface area contributed by atoms with Crippen molar-refractivity contribution in [2.45, 2.75) is 20.4 Å². The topological polar surface area (TPSA) is 43.9 Å². The van der Waals surface area contributed by atoms with Gasteiger partial charge in [-0.05, 0) is 36.6 Å². The fourth-order valence-corrected chi connectivity index (χ4v) is 4.80. The van der Waals surface area contributed by atoms with E-state index < -0.39 is 0 Å². The lowest BCUT2D eigenvalue weighted by Gasteiger charge is -2.36. The first-order valence-corrected chi connectivity index (χ1v) is 11.8. The maximum Gasteiger partial charge on any atom is 0.282 e. The molecule has 0 N–H and O–H groups in total. The molecule has 3 aromatic carbocycles. The van der Waals surface area contributed by atoms with Crippen molar-refractivity contribution in [3.05, 3.63) is 107 Å². The van der Waals surface area contributed by atoms with Crippen molar-refractivity contribution in [2.75, 3.05) is 31.1 Å². The zero-order valence-corrected chi connectivity index (χ0v) is 19.7. The van der Waals surface area contributed by atoms with E-state index in [2.05, 4.69) is 34.1 Å². The van der Waals surface area contributed by atoms with Gasteiger partial charge >= 0.3 is 0 Å². The maximum absolute atomic E-state index is 13.8. The third-order valence-electron chi connectivity index (χ3n) is 6.69. The number of aryl methyl sites for hydroxylation is 2. The second-order valence-electron chi connectivity index (χ2n) is 9.07. The molecule has 1 fully saturated rings. The molecule has 0 saturated carbocycles. The number of hydrogen-bond donors (Lipinski definition) is 0. The average Bonchev–Trinajstić information content (AvgIpc) is 3.11. The summed E-state index contributed by atoms with van der Waals surface area (Å²) >= 11 is 0. The fraction of sp³-hybridized carbons (Fsp3) is 0.241. The number of para-hydroxylation sites is 1. The molecule has 0 aromatic heterocycles. The Morgan fingerprint density at radius 2 is 1.35 bits per heavy atom. The largest absolute Gasteiger partial charge is 0.364 e. The number of hydrogen-bond acceptors (Lipinski definition) is 4. The number of piperazine rings is 1. The Morgan fingerprint density at radius 3 is 2.03 bits per heavy atom. The molecule has 0 aliphatic carbocycles. The molecular weight excluding hydrogens is 422 g/mol. The van der Waals surface area contributed by atoms with Gasteiger partial charge < -0.3 is 4.90 Å². The quantitative estimate of drug-likeness (QED) is 0.539. The van der Waals surface area contributed by atoms with Crippen LogP contribution in [-0.4, -0.2) is 47.8 Å². The van der Waals surface area contributed by atoms with Crippen LogP contribution in [0.3, 0.4) is 0 Å². The standard InChI is InChI=1S/C29H29N3O2/c1-21-12-14-24(15-13-21)26-27(29(34)32(28(26)33)25-11-7-6-8-22(25)2)31-18-16-30(17-19-31)20-23-9-4-3-5-10-23/h3-15H,16-20H2,1-2H3. The van der Waals surface area contributed by atoms with Crippen molar-refractivity contribution >= 4 is 23.1 Å². The fourth-order valence-electron chi connectivity index (χ4n) is 4.80. The highest BCUT2D eigenvalue weighted by atomic mass is 16.2. The highest BCUT2D eigenvalue weighted by Crippen LogP contribution is 2.36. The second-order valence-corrected chi connectivity index (χ2v) is 9.07. The van der Waals surface area contributed by atoms with Crippen LogP contribution in [0.4, 0.5) is 5.69 Å². The number of carbonyl (C=O) groups is 2. The number of nitrogens with zero attached hydrogens (tertiary/aromatic N) is 3. The first-order chi connectivity index (χ1) is 16.5. The molecule has 0 atom stereocenters. The molecule has 0 radical (unpaired) electrons. The molecule has 5 heteroatoms. The highest BCUT2D eigenvalue weighted by molar-refractivity contribution is 6.45. The summed E-state index contributed by atoms with van der Waals surface area (Å²) in [7, 11) is 0. The number of carbonyl (C=O) groups excluding carboxylic acids is 2. The van der Waals surface area contributed by atoms with Gasteiger partial charge in [-0.1, -0.05) is 78.4 Å². The molecule has 2 aliphatic heterocycles. The van der Waals surface area contributed by atoms with Gasteiger partial charge in [-0.15, -0.1) is 0 Å². The van der Waals surface area contributed by atoms with Gasteiger partial charge in [-0.2, -0.15) is 0 Å². The normalized spacial score (nSPS) is 17.1. The lowest BCUT2D eigenvalue weighted by atomic mass is 10.0. The van der Waals surface area contributed by atoms with Gasteiger partial charge in [0.05, 0.1) is 11.3 Å². The van der Waals surface area contributed by atoms with E-state index in [4.69, 9.17) is 0 Å². The molecule has 3 aromatic rings. The molecular formula is C29H29N3O2. The molecule has 2 amide bonds. The van der Waals surface area contributed by atoms with E-state index in [0.717, 1.165) is 36.3 Å². The van der Waals surface area contributed by atoms with E-state index in [-0.39, 0.29) is 11.8 Å². The van der Waals surface area contributed by atoms with Crippen molar-refractivity contribution < 1.29 is 9.59 Å². The Balaban J connectivity index is 1.46. The minimum absolute atomic E-state index is 0.230. The molecule has 0 bridgehead atoms. The summed E-state index contributed by atoms with van der Waals surface area (Å²) in [6, 6.07) is 25.9. The molecule has 172 valence electrons. The zero-order valence-electron chi connectivity index (χ0n) is 19.7. The summed E-state index contributed by atoms with van der Waals surface area (Å²) in [5.74, 6) is -0.476. The Hall–Kier alpha value is -3.70. The van der Waals surface area contributed by atoms with E-state index in [1.165, 1.54) is 10.5 Å². The number of benzene rings is 3. The SMILES string of the molecule is Cc1ccc(C2=C(N3CCN(Cc4ccccc4)CC3)C(=O)N(c3ccccc3C)C2=O)cc1. The molecule has 1 saturated heterocycles. The second kappa shape index (κ2) is 9.27. The van der Waals surface area contributed by atoms with Crippen molar-refractivity contribution in [3.63, 3.8) is 0 Å². The van der Waals surface area contributed by atoms with Gasteiger partial charge in [0.2, 0.25) is 0 Å². The summed E-state index contributed by atoms with van der Waals surface area (Å²) in [5, 5.41) is 0. The third kappa shape index (κ3) is 4.15. The van der Waals surface area contributed by atoms with Crippen LogP contribution < -0.4 is 4.90 Å². The predicted octanol–water partition coefficient (Wildman–Crippen LogP) is 4.41. The van der Waals surface area contributed by atoms with Crippen molar-refractivity contribution in [3.8, 4) is 0 Å². The Labute approximate surface area is 200 Å². The van der Waals surface area contributed by atoms with Gasteiger partial charge in [0.1, 0.15) is 5.70 Å². The minimum atomic E-state index is -0.245. The van der Waals surface area contributed by atoms with E-state index in [1.54, 1.807) is 0 Å². The van der Waals surface area contributed by atoms with Gasteiger partial charge in [0, 0.05) is 32.7 Å². The molecule has 34 heavy (non-hydrogen) atoms. The number of anilines is 1. The zero-order chi connectivity index (χ0) is 23.7. The molecule has 2 aliphatic rings. The average molecular weight is 452 g/mol. The summed E-state index contributed by atoms with van der Waals surface area (Å²) in [6.07, 6.45) is 0.